The second-order valence-electron chi connectivity index (χ2n) is 11.2. The molecule has 1 amide bonds. The van der Waals surface area contributed by atoms with E-state index in [9.17, 15) is 14.0 Å². The molecule has 196 valence electrons. The van der Waals surface area contributed by atoms with E-state index >= 15 is 0 Å². The molecule has 2 aliphatic rings. The summed E-state index contributed by atoms with van der Waals surface area (Å²) < 4.78 is 27.3. The van der Waals surface area contributed by atoms with Gasteiger partial charge in [0.2, 0.25) is 0 Å². The fraction of sp³-hybridized carbons (Fsp3) is 0.615. The molecule has 1 aliphatic heterocycles. The van der Waals surface area contributed by atoms with Crippen molar-refractivity contribution in [1.82, 2.24) is 19.7 Å². The summed E-state index contributed by atoms with van der Waals surface area (Å²) in [6.07, 6.45) is 4.77. The van der Waals surface area contributed by atoms with Crippen LogP contribution in [0.5, 0.6) is 0 Å². The van der Waals surface area contributed by atoms with Gasteiger partial charge in [-0.3, -0.25) is 14.6 Å². The van der Waals surface area contributed by atoms with Crippen molar-refractivity contribution < 1.29 is 23.5 Å². The molecular weight excluding hydrogens is 479 g/mol. The van der Waals surface area contributed by atoms with Gasteiger partial charge in [-0.1, -0.05) is 26.6 Å². The van der Waals surface area contributed by atoms with Gasteiger partial charge in [-0.2, -0.15) is 5.10 Å². The molecular formula is C26H37FN4O4Si. The number of aryl methyl sites for hydroxylation is 1. The standard InChI is InChI=1S/C26H37FN4O4Si/c1-6-19-13-20(21(27)16-28-19)23-14-22(29-31(23)17-35-11-12-36(3,4)5)24(32)30-10-7-18(25(33)34-2)15-26(30)8-9-26/h13-14,16,18H,6-12,15,17H2,1-5H3. The van der Waals surface area contributed by atoms with E-state index in [1.807, 2.05) is 11.8 Å². The number of likely N-dealkylation sites (tertiary alicyclic amines) is 1. The van der Waals surface area contributed by atoms with Gasteiger partial charge in [0.05, 0.1) is 24.9 Å². The lowest BCUT2D eigenvalue weighted by Crippen LogP contribution is -2.49. The lowest BCUT2D eigenvalue weighted by Gasteiger charge is -2.38. The Bertz CT molecular complexity index is 1130. The summed E-state index contributed by atoms with van der Waals surface area (Å²) in [7, 11) is 0.132. The molecule has 2 aromatic heterocycles. The minimum absolute atomic E-state index is 0.131. The Morgan fingerprint density at radius 3 is 2.64 bits per heavy atom. The first-order valence-corrected chi connectivity index (χ1v) is 16.5. The maximum absolute atomic E-state index is 14.9. The fourth-order valence-corrected chi connectivity index (χ4v) is 5.63. The van der Waals surface area contributed by atoms with E-state index in [0.29, 0.717) is 43.7 Å². The molecule has 10 heteroatoms. The number of nitrogens with zero attached hydrogens (tertiary/aromatic N) is 4. The van der Waals surface area contributed by atoms with Gasteiger partial charge in [0, 0.05) is 38.0 Å². The van der Waals surface area contributed by atoms with E-state index in [2.05, 4.69) is 29.7 Å². The summed E-state index contributed by atoms with van der Waals surface area (Å²) in [6, 6.07) is 4.37. The van der Waals surface area contributed by atoms with Crippen LogP contribution in [0.4, 0.5) is 4.39 Å². The van der Waals surface area contributed by atoms with E-state index in [4.69, 9.17) is 9.47 Å². The highest BCUT2D eigenvalue weighted by molar-refractivity contribution is 6.76. The van der Waals surface area contributed by atoms with Crippen LogP contribution in [0.3, 0.4) is 0 Å². The van der Waals surface area contributed by atoms with Crippen molar-refractivity contribution in [2.24, 2.45) is 5.92 Å². The van der Waals surface area contributed by atoms with Gasteiger partial charge in [0.15, 0.2) is 11.5 Å². The molecule has 4 rings (SSSR count). The zero-order valence-corrected chi connectivity index (χ0v) is 23.0. The predicted octanol–water partition coefficient (Wildman–Crippen LogP) is 4.52. The van der Waals surface area contributed by atoms with Crippen LogP contribution in [0.25, 0.3) is 11.3 Å². The van der Waals surface area contributed by atoms with E-state index in [1.165, 1.54) is 13.3 Å². The topological polar surface area (TPSA) is 86.6 Å². The average Bonchev–Trinajstić information content (AvgIpc) is 3.47. The number of rotatable bonds is 9. The number of hydrogen-bond donors (Lipinski definition) is 0. The lowest BCUT2D eigenvalue weighted by molar-refractivity contribution is -0.147. The van der Waals surface area contributed by atoms with Crippen molar-refractivity contribution in [2.75, 3.05) is 20.3 Å². The Hall–Kier alpha value is -2.59. The molecule has 0 aromatic carbocycles. The number of aromatic nitrogens is 3. The first-order valence-electron chi connectivity index (χ1n) is 12.8. The maximum Gasteiger partial charge on any atom is 0.308 e. The van der Waals surface area contributed by atoms with E-state index < -0.39 is 13.9 Å². The summed E-state index contributed by atoms with van der Waals surface area (Å²) in [4.78, 5) is 31.8. The van der Waals surface area contributed by atoms with Crippen LogP contribution in [0.1, 0.15) is 48.8 Å². The average molecular weight is 517 g/mol. The third-order valence-corrected chi connectivity index (χ3v) is 8.97. The molecule has 1 saturated carbocycles. The van der Waals surface area contributed by atoms with Crippen LogP contribution < -0.4 is 0 Å². The Labute approximate surface area is 213 Å². The minimum atomic E-state index is -1.27. The summed E-state index contributed by atoms with van der Waals surface area (Å²) >= 11 is 0. The number of carbonyl (C=O) groups is 2. The third kappa shape index (κ3) is 5.69. The maximum atomic E-state index is 14.9. The Balaban J connectivity index is 1.61. The number of ether oxygens (including phenoxy) is 2. The van der Waals surface area contributed by atoms with Crippen molar-refractivity contribution >= 4 is 20.0 Å². The Kier molecular flexibility index (Phi) is 7.66. The van der Waals surface area contributed by atoms with E-state index in [-0.39, 0.29) is 35.8 Å². The number of amides is 1. The van der Waals surface area contributed by atoms with Crippen LogP contribution >= 0.6 is 0 Å². The van der Waals surface area contributed by atoms with E-state index in [0.717, 1.165) is 24.6 Å². The van der Waals surface area contributed by atoms with Gasteiger partial charge in [-0.05, 0) is 50.3 Å². The number of hydrogen-bond acceptors (Lipinski definition) is 6. The first kappa shape index (κ1) is 26.5. The number of halogens is 1. The van der Waals surface area contributed by atoms with E-state index in [1.54, 1.807) is 16.8 Å². The summed E-state index contributed by atoms with van der Waals surface area (Å²) in [6.45, 7) is 9.99. The van der Waals surface area contributed by atoms with Crippen LogP contribution in [0, 0.1) is 11.7 Å². The normalized spacial score (nSPS) is 18.9. The van der Waals surface area contributed by atoms with Gasteiger partial charge in [0.1, 0.15) is 6.73 Å². The minimum Gasteiger partial charge on any atom is -0.469 e. The molecule has 0 N–H and O–H groups in total. The second-order valence-corrected chi connectivity index (χ2v) is 16.8. The fourth-order valence-electron chi connectivity index (χ4n) is 4.87. The largest absolute Gasteiger partial charge is 0.469 e. The highest BCUT2D eigenvalue weighted by Gasteiger charge is 2.55. The summed E-state index contributed by atoms with van der Waals surface area (Å²) in [5.74, 6) is -1.06. The van der Waals surface area contributed by atoms with Gasteiger partial charge >= 0.3 is 5.97 Å². The number of piperidine rings is 1. The zero-order chi connectivity index (χ0) is 26.1. The lowest BCUT2D eigenvalue weighted by atomic mass is 9.88. The quantitative estimate of drug-likeness (QED) is 0.277. The van der Waals surface area contributed by atoms with Crippen LogP contribution in [0.15, 0.2) is 18.3 Å². The van der Waals surface area contributed by atoms with Gasteiger partial charge in [-0.15, -0.1) is 0 Å². The first-order chi connectivity index (χ1) is 17.1. The molecule has 1 spiro atoms. The van der Waals surface area contributed by atoms with Crippen molar-refractivity contribution in [2.45, 2.75) is 77.0 Å². The highest BCUT2D eigenvalue weighted by atomic mass is 28.3. The molecule has 3 heterocycles. The Morgan fingerprint density at radius 1 is 1.25 bits per heavy atom. The van der Waals surface area contributed by atoms with Crippen molar-refractivity contribution in [1.29, 1.82) is 0 Å². The number of carbonyl (C=O) groups excluding carboxylic acids is 2. The molecule has 1 atom stereocenters. The molecule has 8 nitrogen and oxygen atoms in total. The van der Waals surface area contributed by atoms with Crippen LogP contribution in [-0.2, 0) is 27.4 Å². The Morgan fingerprint density at radius 2 is 2.00 bits per heavy atom. The number of pyridine rings is 1. The molecule has 2 fully saturated rings. The van der Waals surface area contributed by atoms with Crippen LogP contribution in [0.2, 0.25) is 25.7 Å². The molecule has 0 bridgehead atoms. The smallest absolute Gasteiger partial charge is 0.308 e. The van der Waals surface area contributed by atoms with Gasteiger partial charge in [-0.25, -0.2) is 9.07 Å². The molecule has 36 heavy (non-hydrogen) atoms. The van der Waals surface area contributed by atoms with Crippen molar-refractivity contribution in [3.63, 3.8) is 0 Å². The molecule has 1 unspecified atom stereocenters. The van der Waals surface area contributed by atoms with Crippen molar-refractivity contribution in [3.8, 4) is 11.3 Å². The molecule has 0 radical (unpaired) electrons. The summed E-state index contributed by atoms with van der Waals surface area (Å²) in [5, 5.41) is 4.59. The SMILES string of the molecule is CCc1cc(-c2cc(C(=O)N3CCC(C(=O)OC)CC34CC4)nn2COCC[Si](C)(C)C)c(F)cn1. The molecule has 1 aliphatic carbocycles. The number of methoxy groups -OCH3 is 1. The molecule has 1 saturated heterocycles. The second kappa shape index (κ2) is 10.4. The van der Waals surface area contributed by atoms with Crippen molar-refractivity contribution in [3.05, 3.63) is 35.5 Å². The zero-order valence-electron chi connectivity index (χ0n) is 22.0. The summed E-state index contributed by atoms with van der Waals surface area (Å²) in [5.41, 5.74) is 1.55. The third-order valence-electron chi connectivity index (χ3n) is 7.27. The van der Waals surface area contributed by atoms with Gasteiger partial charge in [0.25, 0.3) is 5.91 Å². The highest BCUT2D eigenvalue weighted by Crippen LogP contribution is 2.50. The van der Waals surface area contributed by atoms with Crippen LogP contribution in [-0.4, -0.2) is 65.4 Å². The molecule has 2 aromatic rings. The monoisotopic (exact) mass is 516 g/mol. The number of esters is 1. The van der Waals surface area contributed by atoms with Gasteiger partial charge < -0.3 is 14.4 Å². The predicted molar refractivity (Wildman–Crippen MR) is 137 cm³/mol.